The first-order valence-corrected chi connectivity index (χ1v) is 3.42. The summed E-state index contributed by atoms with van der Waals surface area (Å²) >= 11 is 1.04. The molecule has 0 aliphatic carbocycles. The summed E-state index contributed by atoms with van der Waals surface area (Å²) in [5, 5.41) is 3.32. The summed E-state index contributed by atoms with van der Waals surface area (Å²) in [6.07, 6.45) is 0. The van der Waals surface area contributed by atoms with Crippen molar-refractivity contribution in [3.63, 3.8) is 0 Å². The zero-order chi connectivity index (χ0) is 7.98. The molecule has 0 aromatic heterocycles. The fourth-order valence-corrected chi connectivity index (χ4v) is 0.687. The molecule has 10 heavy (non-hydrogen) atoms. The van der Waals surface area contributed by atoms with E-state index in [1.54, 1.807) is 0 Å². The Morgan fingerprint density at radius 2 is 2.40 bits per heavy atom. The van der Waals surface area contributed by atoms with Crippen LogP contribution in [-0.2, 0) is 9.53 Å². The minimum atomic E-state index is -0.350. The molecule has 0 rings (SSSR count). The molecule has 4 N–H and O–H groups in total. The van der Waals surface area contributed by atoms with E-state index < -0.39 is 0 Å². The van der Waals surface area contributed by atoms with Crippen molar-refractivity contribution in [2.75, 3.05) is 12.9 Å². The van der Waals surface area contributed by atoms with Gasteiger partial charge in [-0.3, -0.25) is 4.79 Å². The molecule has 0 unspecified atom stereocenters. The summed E-state index contributed by atoms with van der Waals surface area (Å²) in [5.41, 5.74) is 5.16. The number of rotatable bonds is 2. The highest BCUT2D eigenvalue weighted by Crippen LogP contribution is 1.98. The van der Waals surface area contributed by atoms with Crippen LogP contribution in [0.3, 0.4) is 0 Å². The van der Waals surface area contributed by atoms with E-state index in [1.807, 2.05) is 0 Å². The molecular formula is C4H9N3O2S. The molecule has 5 nitrogen and oxygen atoms in total. The van der Waals surface area contributed by atoms with E-state index in [0.717, 1.165) is 11.8 Å². The molecule has 0 saturated carbocycles. The molecule has 0 spiro atoms. The SMILES string of the molecule is COC(=O)CSC(N)=NN. The van der Waals surface area contributed by atoms with Gasteiger partial charge in [-0.05, 0) is 0 Å². The van der Waals surface area contributed by atoms with Crippen molar-refractivity contribution in [2.24, 2.45) is 16.7 Å². The van der Waals surface area contributed by atoms with Gasteiger partial charge in [0.1, 0.15) is 0 Å². The van der Waals surface area contributed by atoms with Crippen LogP contribution in [0.15, 0.2) is 5.10 Å². The maximum absolute atomic E-state index is 10.4. The first-order chi connectivity index (χ1) is 4.70. The zero-order valence-electron chi connectivity index (χ0n) is 5.53. The molecule has 0 atom stereocenters. The minimum Gasteiger partial charge on any atom is -0.468 e. The van der Waals surface area contributed by atoms with Gasteiger partial charge >= 0.3 is 5.97 Å². The van der Waals surface area contributed by atoms with Crippen molar-refractivity contribution in [1.29, 1.82) is 0 Å². The summed E-state index contributed by atoms with van der Waals surface area (Å²) < 4.78 is 4.33. The Hall–Kier alpha value is -0.910. The average molecular weight is 163 g/mol. The topological polar surface area (TPSA) is 90.7 Å². The van der Waals surface area contributed by atoms with Crippen molar-refractivity contribution in [3.8, 4) is 0 Å². The van der Waals surface area contributed by atoms with Gasteiger partial charge in [-0.2, -0.15) is 5.10 Å². The lowest BCUT2D eigenvalue weighted by Crippen LogP contribution is -2.13. The van der Waals surface area contributed by atoms with Gasteiger partial charge in [-0.1, -0.05) is 11.8 Å². The third-order valence-corrected chi connectivity index (χ3v) is 1.47. The van der Waals surface area contributed by atoms with E-state index in [9.17, 15) is 4.79 Å². The summed E-state index contributed by atoms with van der Waals surface area (Å²) in [4.78, 5) is 10.4. The van der Waals surface area contributed by atoms with Crippen molar-refractivity contribution >= 4 is 22.9 Å². The van der Waals surface area contributed by atoms with Crippen LogP contribution in [0.25, 0.3) is 0 Å². The number of esters is 1. The predicted molar refractivity (Wildman–Crippen MR) is 40.3 cm³/mol. The molecule has 0 saturated heterocycles. The summed E-state index contributed by atoms with van der Waals surface area (Å²) in [6, 6.07) is 0. The molecule has 0 radical (unpaired) electrons. The molecule has 0 heterocycles. The van der Waals surface area contributed by atoms with Gasteiger partial charge in [-0.15, -0.1) is 0 Å². The summed E-state index contributed by atoms with van der Waals surface area (Å²) in [7, 11) is 1.30. The number of nitrogens with zero attached hydrogens (tertiary/aromatic N) is 1. The predicted octanol–water partition coefficient (Wildman–Crippen LogP) is -0.919. The maximum atomic E-state index is 10.4. The molecule has 0 aromatic rings. The van der Waals surface area contributed by atoms with Crippen LogP contribution in [0.4, 0.5) is 0 Å². The van der Waals surface area contributed by atoms with E-state index in [2.05, 4.69) is 9.84 Å². The number of carbonyl (C=O) groups excluding carboxylic acids is 1. The van der Waals surface area contributed by atoms with Gasteiger partial charge in [0.25, 0.3) is 0 Å². The number of hydrazone groups is 1. The second kappa shape index (κ2) is 4.92. The van der Waals surface area contributed by atoms with Crippen LogP contribution in [0.1, 0.15) is 0 Å². The Labute approximate surface area is 62.8 Å². The number of amidine groups is 1. The van der Waals surface area contributed by atoms with Gasteiger partial charge in [-0.25, -0.2) is 0 Å². The van der Waals surface area contributed by atoms with Crippen molar-refractivity contribution in [3.05, 3.63) is 0 Å². The fraction of sp³-hybridized carbons (Fsp3) is 0.500. The Kier molecular flexibility index (Phi) is 4.47. The Bertz CT molecular complexity index is 147. The lowest BCUT2D eigenvalue weighted by atomic mass is 10.8. The molecule has 0 amide bonds. The van der Waals surface area contributed by atoms with Crippen LogP contribution in [0.5, 0.6) is 0 Å². The monoisotopic (exact) mass is 163 g/mol. The lowest BCUT2D eigenvalue weighted by Gasteiger charge is -1.96. The second-order valence-electron chi connectivity index (χ2n) is 1.33. The van der Waals surface area contributed by atoms with Gasteiger partial charge in [0.05, 0.1) is 12.9 Å². The van der Waals surface area contributed by atoms with E-state index in [1.165, 1.54) is 7.11 Å². The Morgan fingerprint density at radius 3 is 2.80 bits per heavy atom. The zero-order valence-corrected chi connectivity index (χ0v) is 6.35. The van der Waals surface area contributed by atoms with Crippen LogP contribution >= 0.6 is 11.8 Å². The number of ether oxygens (including phenoxy) is 1. The number of carbonyl (C=O) groups is 1. The minimum absolute atomic E-state index is 0.142. The largest absolute Gasteiger partial charge is 0.468 e. The Balaban J connectivity index is 3.45. The Morgan fingerprint density at radius 1 is 1.80 bits per heavy atom. The number of nitrogens with two attached hydrogens (primary N) is 2. The van der Waals surface area contributed by atoms with Crippen LogP contribution in [-0.4, -0.2) is 24.0 Å². The quantitative estimate of drug-likeness (QED) is 0.181. The van der Waals surface area contributed by atoms with Crippen LogP contribution < -0.4 is 11.6 Å². The van der Waals surface area contributed by atoms with E-state index in [0.29, 0.717) is 0 Å². The van der Waals surface area contributed by atoms with Gasteiger partial charge in [0.2, 0.25) is 0 Å². The van der Waals surface area contributed by atoms with Gasteiger partial charge in [0, 0.05) is 0 Å². The molecule has 0 fully saturated rings. The number of methoxy groups -OCH3 is 1. The summed E-state index contributed by atoms with van der Waals surface area (Å²) in [6.45, 7) is 0. The molecule has 6 heteroatoms. The van der Waals surface area contributed by atoms with Crippen molar-refractivity contribution in [1.82, 2.24) is 0 Å². The third kappa shape index (κ3) is 4.02. The van der Waals surface area contributed by atoms with Crippen molar-refractivity contribution < 1.29 is 9.53 Å². The van der Waals surface area contributed by atoms with E-state index >= 15 is 0 Å². The maximum Gasteiger partial charge on any atom is 0.316 e. The number of hydrogen-bond donors (Lipinski definition) is 2. The smallest absolute Gasteiger partial charge is 0.316 e. The fourth-order valence-electron chi connectivity index (χ4n) is 0.229. The van der Waals surface area contributed by atoms with Crippen LogP contribution in [0, 0.1) is 0 Å². The normalized spacial score (nSPS) is 11.1. The van der Waals surface area contributed by atoms with E-state index in [-0.39, 0.29) is 16.9 Å². The van der Waals surface area contributed by atoms with Crippen LogP contribution in [0.2, 0.25) is 0 Å². The lowest BCUT2D eigenvalue weighted by molar-refractivity contribution is -0.137. The standard InChI is InChI=1S/C4H9N3O2S/c1-9-3(8)2-10-4(5)7-6/h2,6H2,1H3,(H2,5,7). The summed E-state index contributed by atoms with van der Waals surface area (Å²) in [5.74, 6) is 4.58. The second-order valence-corrected chi connectivity index (χ2v) is 2.33. The first-order valence-electron chi connectivity index (χ1n) is 2.43. The van der Waals surface area contributed by atoms with Gasteiger partial charge < -0.3 is 16.3 Å². The number of hydrogen-bond acceptors (Lipinski definition) is 5. The highest BCUT2D eigenvalue weighted by atomic mass is 32.2. The average Bonchev–Trinajstić information content (AvgIpc) is 1.99. The molecule has 58 valence electrons. The third-order valence-electron chi connectivity index (χ3n) is 0.693. The highest BCUT2D eigenvalue weighted by molar-refractivity contribution is 8.14. The molecule has 0 bridgehead atoms. The molecular weight excluding hydrogens is 154 g/mol. The van der Waals surface area contributed by atoms with Gasteiger partial charge in [0.15, 0.2) is 5.17 Å². The number of thioether (sulfide) groups is 1. The molecule has 0 aliphatic heterocycles. The van der Waals surface area contributed by atoms with Crippen molar-refractivity contribution in [2.45, 2.75) is 0 Å². The highest BCUT2D eigenvalue weighted by Gasteiger charge is 2.01. The molecule has 0 aliphatic rings. The van der Waals surface area contributed by atoms with E-state index in [4.69, 9.17) is 11.6 Å². The molecule has 0 aromatic carbocycles. The first kappa shape index (κ1) is 9.09.